The second-order valence-corrected chi connectivity index (χ2v) is 7.03. The molecule has 2 N–H and O–H groups in total. The lowest BCUT2D eigenvalue weighted by Gasteiger charge is -2.11. The summed E-state index contributed by atoms with van der Waals surface area (Å²) in [4.78, 5) is 25.3. The SMILES string of the molecule is Cc1ccc(Nc2cncc(F)c2)c(C(=O)Nc2nc(C3CC3)cs2)n1. The summed E-state index contributed by atoms with van der Waals surface area (Å²) < 4.78 is 13.3. The van der Waals surface area contributed by atoms with Crippen molar-refractivity contribution < 1.29 is 9.18 Å². The van der Waals surface area contributed by atoms with Crippen LogP contribution in [-0.2, 0) is 0 Å². The van der Waals surface area contributed by atoms with E-state index in [4.69, 9.17) is 0 Å². The van der Waals surface area contributed by atoms with Gasteiger partial charge in [-0.25, -0.2) is 14.4 Å². The molecule has 3 aromatic rings. The standard InChI is InChI=1S/C18H16FN5OS/c1-10-2-5-14(22-13-6-12(19)7-20-8-13)16(21-10)17(25)24-18-23-15(9-26-18)11-3-4-11/h2,5-9,11,22H,3-4H2,1H3,(H,23,24,25). The fourth-order valence-corrected chi connectivity index (χ4v) is 3.32. The number of rotatable bonds is 5. The lowest BCUT2D eigenvalue weighted by Crippen LogP contribution is -2.16. The quantitative estimate of drug-likeness (QED) is 0.703. The molecule has 132 valence electrons. The van der Waals surface area contributed by atoms with Crippen molar-refractivity contribution in [3.05, 3.63) is 58.9 Å². The number of thiazole rings is 1. The highest BCUT2D eigenvalue weighted by atomic mass is 32.1. The van der Waals surface area contributed by atoms with Crippen LogP contribution < -0.4 is 10.6 Å². The van der Waals surface area contributed by atoms with E-state index < -0.39 is 5.82 Å². The van der Waals surface area contributed by atoms with Crippen LogP contribution in [0.3, 0.4) is 0 Å². The number of pyridine rings is 2. The number of hydrogen-bond acceptors (Lipinski definition) is 6. The number of halogens is 1. The van der Waals surface area contributed by atoms with Gasteiger partial charge in [-0.1, -0.05) is 0 Å². The van der Waals surface area contributed by atoms with E-state index in [0.717, 1.165) is 24.7 Å². The van der Waals surface area contributed by atoms with Crippen LogP contribution >= 0.6 is 11.3 Å². The van der Waals surface area contributed by atoms with E-state index in [1.807, 2.05) is 5.38 Å². The molecule has 8 heteroatoms. The number of carbonyl (C=O) groups is 1. The van der Waals surface area contributed by atoms with Crippen LogP contribution in [0.25, 0.3) is 0 Å². The summed E-state index contributed by atoms with van der Waals surface area (Å²) in [7, 11) is 0. The zero-order valence-electron chi connectivity index (χ0n) is 14.0. The maximum atomic E-state index is 13.3. The number of aryl methyl sites for hydroxylation is 1. The third kappa shape index (κ3) is 3.70. The maximum absolute atomic E-state index is 13.3. The van der Waals surface area contributed by atoms with Gasteiger partial charge in [-0.3, -0.25) is 15.1 Å². The highest BCUT2D eigenvalue weighted by Gasteiger charge is 2.26. The predicted molar refractivity (Wildman–Crippen MR) is 98.5 cm³/mol. The first-order chi connectivity index (χ1) is 12.6. The van der Waals surface area contributed by atoms with Gasteiger partial charge in [-0.15, -0.1) is 11.3 Å². The lowest BCUT2D eigenvalue weighted by molar-refractivity contribution is 0.102. The smallest absolute Gasteiger partial charge is 0.278 e. The number of anilines is 3. The van der Waals surface area contributed by atoms with Crippen molar-refractivity contribution in [3.63, 3.8) is 0 Å². The van der Waals surface area contributed by atoms with Gasteiger partial charge in [0.15, 0.2) is 10.8 Å². The molecule has 4 rings (SSSR count). The van der Waals surface area contributed by atoms with Crippen molar-refractivity contribution in [2.24, 2.45) is 0 Å². The Morgan fingerprint density at radius 1 is 1.27 bits per heavy atom. The molecule has 0 bridgehead atoms. The zero-order valence-corrected chi connectivity index (χ0v) is 14.8. The highest BCUT2D eigenvalue weighted by Crippen LogP contribution is 2.40. The Morgan fingerprint density at radius 2 is 2.12 bits per heavy atom. The summed E-state index contributed by atoms with van der Waals surface area (Å²) in [6.07, 6.45) is 4.91. The molecule has 1 amide bonds. The van der Waals surface area contributed by atoms with Crippen LogP contribution in [0.2, 0.25) is 0 Å². The van der Waals surface area contributed by atoms with Crippen molar-refractivity contribution in [3.8, 4) is 0 Å². The molecular formula is C18H16FN5OS. The first-order valence-electron chi connectivity index (χ1n) is 8.20. The molecule has 0 unspecified atom stereocenters. The molecule has 0 radical (unpaired) electrons. The van der Waals surface area contributed by atoms with Gasteiger partial charge >= 0.3 is 0 Å². The summed E-state index contributed by atoms with van der Waals surface area (Å²) in [5.74, 6) is -0.291. The third-order valence-corrected chi connectivity index (χ3v) is 4.75. The number of nitrogens with one attached hydrogen (secondary N) is 2. The Balaban J connectivity index is 1.57. The molecule has 1 saturated carbocycles. The Hall–Kier alpha value is -2.87. The molecule has 0 spiro atoms. The van der Waals surface area contributed by atoms with E-state index in [9.17, 15) is 9.18 Å². The fourth-order valence-electron chi connectivity index (χ4n) is 2.53. The van der Waals surface area contributed by atoms with E-state index in [1.165, 1.54) is 23.6 Å². The van der Waals surface area contributed by atoms with Crippen molar-refractivity contribution in [1.29, 1.82) is 0 Å². The first-order valence-corrected chi connectivity index (χ1v) is 9.08. The number of carbonyl (C=O) groups excluding carboxylic acids is 1. The van der Waals surface area contributed by atoms with E-state index in [1.54, 1.807) is 19.1 Å². The summed E-state index contributed by atoms with van der Waals surface area (Å²) in [5, 5.41) is 8.34. The van der Waals surface area contributed by atoms with Gasteiger partial charge in [0.1, 0.15) is 5.82 Å². The first kappa shape index (κ1) is 16.6. The summed E-state index contributed by atoms with van der Waals surface area (Å²) in [5.41, 5.74) is 2.87. The molecule has 0 saturated heterocycles. The number of hydrogen-bond donors (Lipinski definition) is 2. The molecule has 0 aliphatic heterocycles. The summed E-state index contributed by atoms with van der Waals surface area (Å²) in [6.45, 7) is 1.80. The van der Waals surface area contributed by atoms with Crippen LogP contribution in [0.4, 0.5) is 20.9 Å². The van der Waals surface area contributed by atoms with Crippen molar-refractivity contribution in [2.75, 3.05) is 10.6 Å². The number of amides is 1. The molecule has 0 atom stereocenters. The van der Waals surface area contributed by atoms with Gasteiger partial charge in [0, 0.05) is 23.1 Å². The molecule has 3 heterocycles. The van der Waals surface area contributed by atoms with Crippen molar-refractivity contribution in [1.82, 2.24) is 15.0 Å². The molecule has 1 aliphatic carbocycles. The molecule has 0 aromatic carbocycles. The molecular weight excluding hydrogens is 353 g/mol. The molecule has 3 aromatic heterocycles. The topological polar surface area (TPSA) is 79.8 Å². The Morgan fingerprint density at radius 3 is 2.88 bits per heavy atom. The average molecular weight is 369 g/mol. The molecule has 1 fully saturated rings. The van der Waals surface area contributed by atoms with Gasteiger partial charge < -0.3 is 5.32 Å². The largest absolute Gasteiger partial charge is 0.352 e. The van der Waals surface area contributed by atoms with E-state index in [2.05, 4.69) is 25.6 Å². The van der Waals surface area contributed by atoms with Crippen LogP contribution in [0, 0.1) is 12.7 Å². The second kappa shape index (κ2) is 6.80. The van der Waals surface area contributed by atoms with Crippen LogP contribution in [0.1, 0.15) is 40.6 Å². The van der Waals surface area contributed by atoms with E-state index >= 15 is 0 Å². The van der Waals surface area contributed by atoms with Crippen LogP contribution in [-0.4, -0.2) is 20.9 Å². The normalized spacial score (nSPS) is 13.5. The molecule has 26 heavy (non-hydrogen) atoms. The van der Waals surface area contributed by atoms with Crippen LogP contribution in [0.15, 0.2) is 36.0 Å². The number of nitrogens with zero attached hydrogens (tertiary/aromatic N) is 3. The number of aromatic nitrogens is 3. The van der Waals surface area contributed by atoms with Gasteiger partial charge in [-0.05, 0) is 31.9 Å². The van der Waals surface area contributed by atoms with Gasteiger partial charge in [-0.2, -0.15) is 0 Å². The van der Waals surface area contributed by atoms with Crippen LogP contribution in [0.5, 0.6) is 0 Å². The lowest BCUT2D eigenvalue weighted by atomic mass is 10.2. The minimum atomic E-state index is -0.462. The Kier molecular flexibility index (Phi) is 4.34. The van der Waals surface area contributed by atoms with Gasteiger partial charge in [0.05, 0.1) is 29.5 Å². The molecule has 6 nitrogen and oxygen atoms in total. The third-order valence-electron chi connectivity index (χ3n) is 3.97. The average Bonchev–Trinajstić information content (AvgIpc) is 3.36. The molecule has 1 aliphatic rings. The predicted octanol–water partition coefficient (Wildman–Crippen LogP) is 4.25. The van der Waals surface area contributed by atoms with E-state index in [0.29, 0.717) is 28.1 Å². The second-order valence-electron chi connectivity index (χ2n) is 6.17. The van der Waals surface area contributed by atoms with Gasteiger partial charge in [0.25, 0.3) is 5.91 Å². The summed E-state index contributed by atoms with van der Waals surface area (Å²) in [6, 6.07) is 4.82. The highest BCUT2D eigenvalue weighted by molar-refractivity contribution is 7.14. The Bertz CT molecular complexity index is 970. The minimum Gasteiger partial charge on any atom is -0.352 e. The monoisotopic (exact) mass is 369 g/mol. The van der Waals surface area contributed by atoms with Crippen molar-refractivity contribution >= 4 is 33.8 Å². The van der Waals surface area contributed by atoms with Gasteiger partial charge in [0.2, 0.25) is 0 Å². The minimum absolute atomic E-state index is 0.220. The zero-order chi connectivity index (χ0) is 18.1. The maximum Gasteiger partial charge on any atom is 0.278 e. The Labute approximate surface area is 153 Å². The summed E-state index contributed by atoms with van der Waals surface area (Å²) >= 11 is 1.41. The fraction of sp³-hybridized carbons (Fsp3) is 0.222. The van der Waals surface area contributed by atoms with Crippen molar-refractivity contribution in [2.45, 2.75) is 25.7 Å². The van der Waals surface area contributed by atoms with E-state index in [-0.39, 0.29) is 11.6 Å².